The number of hydrogen-bond donors (Lipinski definition) is 2. The predicted octanol–water partition coefficient (Wildman–Crippen LogP) is 3.36. The second-order valence-electron chi connectivity index (χ2n) is 8.20. The van der Waals surface area contributed by atoms with Gasteiger partial charge in [0.05, 0.1) is 17.9 Å². The topological polar surface area (TPSA) is 116 Å². The summed E-state index contributed by atoms with van der Waals surface area (Å²) in [7, 11) is 0. The Kier molecular flexibility index (Phi) is 5.53. The van der Waals surface area contributed by atoms with Crippen molar-refractivity contribution in [2.75, 3.05) is 34.8 Å². The van der Waals surface area contributed by atoms with Crippen molar-refractivity contribution in [1.29, 1.82) is 0 Å². The Bertz CT molecular complexity index is 1290. The van der Waals surface area contributed by atoms with Crippen molar-refractivity contribution in [2.45, 2.75) is 25.6 Å². The van der Waals surface area contributed by atoms with Gasteiger partial charge in [0.15, 0.2) is 17.5 Å². The maximum Gasteiger partial charge on any atom is 0.405 e. The van der Waals surface area contributed by atoms with Crippen LogP contribution >= 0.6 is 0 Å². The van der Waals surface area contributed by atoms with Gasteiger partial charge in [-0.15, -0.1) is 0 Å². The Morgan fingerprint density at radius 2 is 2.06 bits per heavy atom. The zero-order chi connectivity index (χ0) is 24.7. The van der Waals surface area contributed by atoms with Crippen LogP contribution in [-0.2, 0) is 0 Å². The number of alkyl halides is 3. The molecule has 3 aromatic heterocycles. The molecule has 5 rings (SSSR count). The molecule has 10 nitrogen and oxygen atoms in total. The number of rotatable bonds is 4. The van der Waals surface area contributed by atoms with Crippen LogP contribution in [0.5, 0.6) is 0 Å². The number of urea groups is 1. The lowest BCUT2D eigenvalue weighted by Gasteiger charge is -2.35. The van der Waals surface area contributed by atoms with E-state index in [2.05, 4.69) is 20.3 Å². The first-order chi connectivity index (χ1) is 16.7. The highest BCUT2D eigenvalue weighted by Crippen LogP contribution is 2.39. The molecule has 0 radical (unpaired) electrons. The summed E-state index contributed by atoms with van der Waals surface area (Å²) in [4.78, 5) is 41.6. The summed E-state index contributed by atoms with van der Waals surface area (Å²) in [6, 6.07) is 5.56. The first-order valence-corrected chi connectivity index (χ1v) is 10.8. The molecular formula is C22H20F3N7O3. The first-order valence-electron chi connectivity index (χ1n) is 10.8. The van der Waals surface area contributed by atoms with E-state index >= 15 is 0 Å². The number of fused-ring (bicyclic) bond motifs is 4. The Morgan fingerprint density at radius 3 is 2.80 bits per heavy atom. The third-order valence-corrected chi connectivity index (χ3v) is 5.75. The summed E-state index contributed by atoms with van der Waals surface area (Å²) >= 11 is 0. The van der Waals surface area contributed by atoms with Gasteiger partial charge in [-0.1, -0.05) is 0 Å². The standard InChI is InChI=1S/C22H20F3N7O3/c1-12-27-9-17(35-12)13-4-6-26-18(8-13)30-21(34)32-14-5-7-31(10-14)16-3-2-15(29-19(16)32)20(33)28-11-22(23,24)25/h2-4,6,8-9,14H,5,7,10-11H2,1H3,(H,28,33)(H,26,30,34)/t14-/m0/s1. The summed E-state index contributed by atoms with van der Waals surface area (Å²) < 4.78 is 43.1. The Morgan fingerprint density at radius 1 is 1.23 bits per heavy atom. The van der Waals surface area contributed by atoms with Crippen LogP contribution in [0.2, 0.25) is 0 Å². The number of nitrogens with one attached hydrogen (secondary N) is 2. The first kappa shape index (κ1) is 22.6. The fourth-order valence-corrected chi connectivity index (χ4v) is 4.19. The van der Waals surface area contributed by atoms with Crippen molar-refractivity contribution in [3.63, 3.8) is 0 Å². The highest BCUT2D eigenvalue weighted by atomic mass is 19.4. The molecule has 0 aliphatic carbocycles. The molecule has 1 fully saturated rings. The average Bonchev–Trinajstić information content (AvgIpc) is 3.44. The molecule has 0 aromatic carbocycles. The van der Waals surface area contributed by atoms with E-state index in [9.17, 15) is 22.8 Å². The number of anilines is 3. The molecule has 5 heterocycles. The summed E-state index contributed by atoms with van der Waals surface area (Å²) in [5.41, 5.74) is 1.08. The molecule has 182 valence electrons. The fourth-order valence-electron chi connectivity index (χ4n) is 4.19. The van der Waals surface area contributed by atoms with E-state index in [4.69, 9.17) is 4.42 Å². The monoisotopic (exact) mass is 487 g/mol. The molecule has 0 unspecified atom stereocenters. The summed E-state index contributed by atoms with van der Waals surface area (Å²) in [5, 5.41) is 4.56. The maximum absolute atomic E-state index is 13.3. The summed E-state index contributed by atoms with van der Waals surface area (Å²) in [6.45, 7) is 1.50. The lowest BCUT2D eigenvalue weighted by Crippen LogP contribution is -2.48. The van der Waals surface area contributed by atoms with E-state index in [0.717, 1.165) is 0 Å². The van der Waals surface area contributed by atoms with Gasteiger partial charge in [0.2, 0.25) is 0 Å². The van der Waals surface area contributed by atoms with E-state index in [1.807, 2.05) is 10.2 Å². The zero-order valence-electron chi connectivity index (χ0n) is 18.5. The van der Waals surface area contributed by atoms with Gasteiger partial charge in [0.25, 0.3) is 5.91 Å². The van der Waals surface area contributed by atoms with Gasteiger partial charge in [0.1, 0.15) is 18.1 Å². The molecular weight excluding hydrogens is 467 g/mol. The van der Waals surface area contributed by atoms with Crippen LogP contribution in [0.25, 0.3) is 11.3 Å². The van der Waals surface area contributed by atoms with Gasteiger partial charge >= 0.3 is 12.2 Å². The van der Waals surface area contributed by atoms with Crippen molar-refractivity contribution >= 4 is 29.3 Å². The summed E-state index contributed by atoms with van der Waals surface area (Å²) in [6.07, 6.45) is -0.790. The van der Waals surface area contributed by atoms with Crippen LogP contribution in [0.15, 0.2) is 41.1 Å². The minimum atomic E-state index is -4.55. The highest BCUT2D eigenvalue weighted by molar-refractivity contribution is 6.05. The van der Waals surface area contributed by atoms with Crippen LogP contribution in [-0.4, -0.2) is 58.7 Å². The average molecular weight is 487 g/mol. The van der Waals surface area contributed by atoms with E-state index in [-0.39, 0.29) is 23.4 Å². The number of carbonyl (C=O) groups is 2. The van der Waals surface area contributed by atoms with Crippen LogP contribution < -0.4 is 20.4 Å². The number of carbonyl (C=O) groups excluding carboxylic acids is 2. The number of halogens is 3. The van der Waals surface area contributed by atoms with Gasteiger partial charge in [-0.25, -0.2) is 19.7 Å². The smallest absolute Gasteiger partial charge is 0.405 e. The summed E-state index contributed by atoms with van der Waals surface area (Å²) in [5.74, 6) is 0.515. The van der Waals surface area contributed by atoms with Crippen LogP contribution in [0.1, 0.15) is 22.8 Å². The number of nitrogens with zero attached hydrogens (tertiary/aromatic N) is 5. The van der Waals surface area contributed by atoms with Crippen molar-refractivity contribution in [1.82, 2.24) is 20.3 Å². The van der Waals surface area contributed by atoms with Crippen LogP contribution in [0.3, 0.4) is 0 Å². The van der Waals surface area contributed by atoms with E-state index < -0.39 is 24.7 Å². The SMILES string of the molecule is Cc1ncc(-c2ccnc(NC(=O)N3c4nc(C(=O)NCC(F)(F)F)ccc4N4CC[C@H]3C4)c2)o1. The van der Waals surface area contributed by atoms with E-state index in [1.54, 1.807) is 31.3 Å². The number of hydrogen-bond acceptors (Lipinski definition) is 7. The number of amides is 3. The Balaban J connectivity index is 1.41. The van der Waals surface area contributed by atoms with Crippen molar-refractivity contribution in [2.24, 2.45) is 0 Å². The molecule has 0 saturated carbocycles. The minimum Gasteiger partial charge on any atom is -0.441 e. The van der Waals surface area contributed by atoms with Crippen LogP contribution in [0.4, 0.5) is 35.3 Å². The number of pyridine rings is 2. The molecule has 1 atom stereocenters. The molecule has 2 aliphatic rings. The quantitative estimate of drug-likeness (QED) is 0.580. The van der Waals surface area contributed by atoms with Gasteiger partial charge < -0.3 is 14.6 Å². The number of oxazole rings is 1. The molecule has 2 aliphatic heterocycles. The van der Waals surface area contributed by atoms with Crippen molar-refractivity contribution in [3.05, 3.63) is 48.2 Å². The van der Waals surface area contributed by atoms with Gasteiger partial charge in [0, 0.05) is 31.8 Å². The fraction of sp³-hybridized carbons (Fsp3) is 0.318. The Hall–Kier alpha value is -4.16. The normalized spacial score (nSPS) is 16.7. The zero-order valence-corrected chi connectivity index (χ0v) is 18.5. The van der Waals surface area contributed by atoms with Crippen LogP contribution in [0, 0.1) is 6.92 Å². The third kappa shape index (κ3) is 4.61. The molecule has 0 spiro atoms. The molecule has 3 amide bonds. The van der Waals surface area contributed by atoms with E-state index in [0.29, 0.717) is 42.4 Å². The predicted molar refractivity (Wildman–Crippen MR) is 119 cm³/mol. The molecule has 3 aromatic rings. The maximum atomic E-state index is 13.3. The Labute approximate surface area is 197 Å². The molecule has 35 heavy (non-hydrogen) atoms. The van der Waals surface area contributed by atoms with Gasteiger partial charge in [-0.2, -0.15) is 13.2 Å². The van der Waals surface area contributed by atoms with Gasteiger partial charge in [-0.3, -0.25) is 15.0 Å². The molecule has 13 heteroatoms. The lowest BCUT2D eigenvalue weighted by atomic mass is 10.1. The minimum absolute atomic E-state index is 0.206. The number of aryl methyl sites for hydroxylation is 1. The van der Waals surface area contributed by atoms with Crippen molar-refractivity contribution in [3.8, 4) is 11.3 Å². The second kappa shape index (κ2) is 8.56. The molecule has 2 bridgehead atoms. The largest absolute Gasteiger partial charge is 0.441 e. The van der Waals surface area contributed by atoms with Gasteiger partial charge in [-0.05, 0) is 30.7 Å². The second-order valence-corrected chi connectivity index (χ2v) is 8.20. The highest BCUT2D eigenvalue weighted by Gasteiger charge is 2.40. The lowest BCUT2D eigenvalue weighted by molar-refractivity contribution is -0.123. The van der Waals surface area contributed by atoms with Crippen molar-refractivity contribution < 1.29 is 27.2 Å². The third-order valence-electron chi connectivity index (χ3n) is 5.75. The number of aromatic nitrogens is 3. The van der Waals surface area contributed by atoms with E-state index in [1.165, 1.54) is 17.2 Å². The molecule has 1 saturated heterocycles. The molecule has 2 N–H and O–H groups in total.